The van der Waals surface area contributed by atoms with Gasteiger partial charge in [0.2, 0.25) is 9.84 Å². The summed E-state index contributed by atoms with van der Waals surface area (Å²) in [5, 5.41) is -0.0165. The van der Waals surface area contributed by atoms with Crippen LogP contribution in [-0.2, 0) is 21.1 Å². The van der Waals surface area contributed by atoms with Crippen LogP contribution in [-0.4, -0.2) is 23.0 Å². The van der Waals surface area contributed by atoms with Crippen molar-refractivity contribution < 1.29 is 22.0 Å². The van der Waals surface area contributed by atoms with E-state index >= 15 is 0 Å². The highest BCUT2D eigenvalue weighted by Crippen LogP contribution is 2.35. The lowest BCUT2D eigenvalue weighted by Gasteiger charge is -2.18. The fourth-order valence-electron chi connectivity index (χ4n) is 2.75. The molecule has 3 aromatic carbocycles. The zero-order chi connectivity index (χ0) is 21.2. The van der Waals surface area contributed by atoms with E-state index in [-0.39, 0.29) is 26.7 Å². The molecule has 1 N–H and O–H groups in total. The van der Waals surface area contributed by atoms with Crippen molar-refractivity contribution in [1.29, 1.82) is 0 Å². The van der Waals surface area contributed by atoms with Gasteiger partial charge in [0.1, 0.15) is 0 Å². The molecule has 0 heterocycles. The average Bonchev–Trinajstić information content (AvgIpc) is 2.69. The summed E-state index contributed by atoms with van der Waals surface area (Å²) in [5.74, 6) is -0.568. The van der Waals surface area contributed by atoms with E-state index in [1.807, 2.05) is 0 Å². The second kappa shape index (κ2) is 8.46. The van der Waals surface area contributed by atoms with Crippen LogP contribution in [0.1, 0.15) is 21.5 Å². The summed E-state index contributed by atoms with van der Waals surface area (Å²) in [6, 6.07) is 16.5. The Morgan fingerprint density at radius 1 is 1.03 bits per heavy atom. The smallest absolute Gasteiger partial charge is 0.208 e. The van der Waals surface area contributed by atoms with Crippen LogP contribution in [0.4, 0.5) is 5.69 Å². The Kier molecular flexibility index (Phi) is 6.18. The van der Waals surface area contributed by atoms with Crippen LogP contribution in [0, 0.1) is 6.92 Å². The Hall–Kier alpha value is -2.52. The van der Waals surface area contributed by atoms with Gasteiger partial charge < -0.3 is 9.27 Å². The van der Waals surface area contributed by atoms with Gasteiger partial charge in [0, 0.05) is 27.4 Å². The van der Waals surface area contributed by atoms with Crippen molar-refractivity contribution in [3.63, 3.8) is 0 Å². The van der Waals surface area contributed by atoms with Crippen LogP contribution < -0.4 is 4.72 Å². The highest BCUT2D eigenvalue weighted by molar-refractivity contribution is 7.91. The van der Waals surface area contributed by atoms with E-state index in [9.17, 15) is 22.0 Å². The number of hydrogen-bond donors (Lipinski definition) is 1. The molecule has 1 unspecified atom stereocenters. The quantitative estimate of drug-likeness (QED) is 0.454. The van der Waals surface area contributed by atoms with Gasteiger partial charge in [0.25, 0.3) is 0 Å². The number of anilines is 1. The molecule has 0 aliphatic carbocycles. The lowest BCUT2D eigenvalue weighted by molar-refractivity contribution is 0.103. The van der Waals surface area contributed by atoms with E-state index in [4.69, 9.17) is 11.6 Å². The van der Waals surface area contributed by atoms with Crippen molar-refractivity contribution in [3.8, 4) is 0 Å². The van der Waals surface area contributed by atoms with Crippen LogP contribution >= 0.6 is 11.6 Å². The molecule has 3 aromatic rings. The molecular weight excluding hydrogens is 434 g/mol. The summed E-state index contributed by atoms with van der Waals surface area (Å²) >= 11 is 3.24. The Balaban J connectivity index is 2.27. The maximum atomic E-state index is 13.2. The highest BCUT2D eigenvalue weighted by atomic mass is 35.5. The molecule has 0 aliphatic rings. The minimum absolute atomic E-state index is 0.0165. The molecule has 3 rings (SSSR count). The van der Waals surface area contributed by atoms with E-state index in [2.05, 4.69) is 4.72 Å². The van der Waals surface area contributed by atoms with Crippen molar-refractivity contribution in [2.24, 2.45) is 0 Å². The van der Waals surface area contributed by atoms with Gasteiger partial charge in [-0.25, -0.2) is 8.42 Å². The summed E-state index contributed by atoms with van der Waals surface area (Å²) < 4.78 is 51.2. The molecule has 0 radical (unpaired) electrons. The number of carbonyl (C=O) groups excluding carboxylic acids is 1. The fourth-order valence-corrected chi connectivity index (χ4v) is 4.95. The molecule has 6 nitrogen and oxygen atoms in total. The number of halogens is 1. The average molecular weight is 449 g/mol. The number of carbonyl (C=O) groups is 1. The van der Waals surface area contributed by atoms with E-state index in [0.29, 0.717) is 0 Å². The Bertz CT molecular complexity index is 1190. The normalized spacial score (nSPS) is 12.4. The van der Waals surface area contributed by atoms with E-state index in [0.717, 1.165) is 11.6 Å². The molecule has 29 heavy (non-hydrogen) atoms. The highest BCUT2D eigenvalue weighted by Gasteiger charge is 2.27. The van der Waals surface area contributed by atoms with Gasteiger partial charge in [0.15, 0.2) is 5.78 Å². The summed E-state index contributed by atoms with van der Waals surface area (Å²) in [4.78, 5) is 12.5. The van der Waals surface area contributed by atoms with Crippen molar-refractivity contribution >= 4 is 44.2 Å². The van der Waals surface area contributed by atoms with Crippen LogP contribution in [0.5, 0.6) is 0 Å². The molecule has 0 saturated carbocycles. The van der Waals surface area contributed by atoms with E-state index in [1.54, 1.807) is 37.3 Å². The van der Waals surface area contributed by atoms with Crippen LogP contribution in [0.25, 0.3) is 0 Å². The molecule has 0 amide bonds. The predicted molar refractivity (Wildman–Crippen MR) is 110 cm³/mol. The van der Waals surface area contributed by atoms with E-state index in [1.165, 1.54) is 30.3 Å². The van der Waals surface area contributed by atoms with Crippen LogP contribution in [0.15, 0.2) is 76.5 Å². The standard InChI is InChI=1S/C20H16ClNO5S2/c1-13-7-9-16(10-8-13)29(26,27)18-12-15(21)11-17(19(18)22-28(24)25)20(23)14-5-3-2-4-6-14/h2-12,22H,1H3,(H,24,25)/p-1. The molecule has 0 fully saturated rings. The van der Waals surface area contributed by atoms with Gasteiger partial charge in [-0.1, -0.05) is 59.6 Å². The predicted octanol–water partition coefficient (Wildman–Crippen LogP) is 3.92. The third-order valence-electron chi connectivity index (χ3n) is 4.15. The summed E-state index contributed by atoms with van der Waals surface area (Å²) in [7, 11) is -4.17. The maximum absolute atomic E-state index is 13.2. The van der Waals surface area contributed by atoms with Gasteiger partial charge >= 0.3 is 0 Å². The number of ketones is 1. The molecule has 9 heteroatoms. The van der Waals surface area contributed by atoms with Gasteiger partial charge in [-0.2, -0.15) is 0 Å². The zero-order valence-electron chi connectivity index (χ0n) is 15.1. The van der Waals surface area contributed by atoms with Crippen molar-refractivity contribution in [2.75, 3.05) is 4.72 Å². The fraction of sp³-hybridized carbons (Fsp3) is 0.0500. The Labute approximate surface area is 175 Å². The van der Waals surface area contributed by atoms with Gasteiger partial charge in [-0.05, 0) is 31.2 Å². The molecular formula is C20H15ClNO5S2-. The van der Waals surface area contributed by atoms with Crippen LogP contribution in [0.3, 0.4) is 0 Å². The second-order valence-electron chi connectivity index (χ2n) is 6.17. The number of benzene rings is 3. The van der Waals surface area contributed by atoms with Gasteiger partial charge in [-0.15, -0.1) is 0 Å². The molecule has 1 atom stereocenters. The summed E-state index contributed by atoms with van der Waals surface area (Å²) in [6.45, 7) is 1.81. The molecule has 0 saturated heterocycles. The number of nitrogens with one attached hydrogen (secondary N) is 1. The maximum Gasteiger partial charge on any atom is 0.208 e. The SMILES string of the molecule is Cc1ccc(S(=O)(=O)c2cc(Cl)cc(C(=O)c3ccccc3)c2NS(=O)[O-])cc1. The Morgan fingerprint density at radius 3 is 2.24 bits per heavy atom. The van der Waals surface area contributed by atoms with Crippen LogP contribution in [0.2, 0.25) is 5.02 Å². The van der Waals surface area contributed by atoms with E-state index < -0.39 is 31.8 Å². The second-order valence-corrected chi connectivity index (χ2v) is 9.20. The number of rotatable bonds is 6. The van der Waals surface area contributed by atoms with Gasteiger partial charge in [-0.3, -0.25) is 9.00 Å². The molecule has 0 spiro atoms. The largest absolute Gasteiger partial charge is 0.755 e. The minimum atomic E-state index is -4.17. The van der Waals surface area contributed by atoms with Gasteiger partial charge in [0.05, 0.1) is 15.5 Å². The minimum Gasteiger partial charge on any atom is -0.755 e. The number of aryl methyl sites for hydroxylation is 1. The zero-order valence-corrected chi connectivity index (χ0v) is 17.5. The number of sulfone groups is 1. The topological polar surface area (TPSA) is 103 Å². The first-order valence-corrected chi connectivity index (χ1v) is 11.2. The van der Waals surface area contributed by atoms with Crippen molar-refractivity contribution in [2.45, 2.75) is 16.7 Å². The lowest BCUT2D eigenvalue weighted by Crippen LogP contribution is -2.15. The first kappa shape index (κ1) is 21.2. The molecule has 0 aromatic heterocycles. The third kappa shape index (κ3) is 4.56. The van der Waals surface area contributed by atoms with Crippen molar-refractivity contribution in [3.05, 3.63) is 88.4 Å². The molecule has 150 valence electrons. The molecule has 0 bridgehead atoms. The first-order valence-electron chi connectivity index (χ1n) is 8.31. The summed E-state index contributed by atoms with van der Waals surface area (Å²) in [5.41, 5.74) is 0.595. The first-order chi connectivity index (χ1) is 13.7. The Morgan fingerprint density at radius 2 is 1.66 bits per heavy atom. The molecule has 0 aliphatic heterocycles. The lowest BCUT2D eigenvalue weighted by atomic mass is 10.0. The summed E-state index contributed by atoms with van der Waals surface area (Å²) in [6.07, 6.45) is 0. The number of hydrogen-bond acceptors (Lipinski definition) is 5. The third-order valence-corrected chi connectivity index (χ3v) is 6.54. The monoisotopic (exact) mass is 448 g/mol. The van der Waals surface area contributed by atoms with Crippen molar-refractivity contribution in [1.82, 2.24) is 0 Å².